The monoisotopic (exact) mass is 458 g/mol. The second-order valence-corrected chi connectivity index (χ2v) is 8.27. The fourth-order valence-electron chi connectivity index (χ4n) is 4.22. The van der Waals surface area contributed by atoms with Crippen LogP contribution in [0.25, 0.3) is 0 Å². The first kappa shape index (κ1) is 23.0. The molecule has 1 heterocycles. The van der Waals surface area contributed by atoms with Crippen molar-refractivity contribution in [1.82, 2.24) is 10.2 Å². The van der Waals surface area contributed by atoms with Gasteiger partial charge in [-0.15, -0.1) is 0 Å². The van der Waals surface area contributed by atoms with Crippen molar-refractivity contribution in [2.75, 3.05) is 20.8 Å². The summed E-state index contributed by atoms with van der Waals surface area (Å²) < 4.78 is 10.5. The van der Waals surface area contributed by atoms with Crippen molar-refractivity contribution in [3.8, 4) is 11.5 Å². The molecule has 4 rings (SSSR count). The predicted molar refractivity (Wildman–Crippen MR) is 127 cm³/mol. The van der Waals surface area contributed by atoms with E-state index < -0.39 is 17.5 Å². The van der Waals surface area contributed by atoms with E-state index in [1.807, 2.05) is 26.0 Å². The zero-order chi connectivity index (χ0) is 24.5. The van der Waals surface area contributed by atoms with Gasteiger partial charge in [0.25, 0.3) is 5.91 Å². The van der Waals surface area contributed by atoms with Crippen molar-refractivity contribution in [3.05, 3.63) is 94.5 Å². The van der Waals surface area contributed by atoms with E-state index in [1.165, 1.54) is 0 Å². The molecule has 3 aromatic rings. The number of nitrogens with zero attached hydrogens (tertiary/aromatic N) is 1. The maximum Gasteiger partial charge on any atom is 0.325 e. The number of ketones is 1. The Morgan fingerprint density at radius 1 is 0.853 bits per heavy atom. The van der Waals surface area contributed by atoms with Gasteiger partial charge in [-0.3, -0.25) is 14.5 Å². The lowest BCUT2D eigenvalue weighted by Gasteiger charge is -2.28. The van der Waals surface area contributed by atoms with Gasteiger partial charge in [-0.25, -0.2) is 4.79 Å². The van der Waals surface area contributed by atoms with Crippen LogP contribution in [-0.2, 0) is 10.3 Å². The van der Waals surface area contributed by atoms with Gasteiger partial charge in [-0.1, -0.05) is 42.0 Å². The lowest BCUT2D eigenvalue weighted by molar-refractivity contribution is -0.129. The molecule has 1 fully saturated rings. The molecule has 1 aliphatic rings. The smallest absolute Gasteiger partial charge is 0.325 e. The Hall–Kier alpha value is -4.13. The average molecular weight is 459 g/mol. The minimum absolute atomic E-state index is 0.301. The lowest BCUT2D eigenvalue weighted by atomic mass is 9.82. The maximum absolute atomic E-state index is 13.9. The Labute approximate surface area is 198 Å². The number of carbonyl (C=O) groups excluding carboxylic acids is 3. The first-order chi connectivity index (χ1) is 16.3. The van der Waals surface area contributed by atoms with Crippen LogP contribution >= 0.6 is 0 Å². The number of rotatable bonds is 7. The molecule has 0 saturated carbocycles. The van der Waals surface area contributed by atoms with Gasteiger partial charge in [-0.05, 0) is 60.9 Å². The third kappa shape index (κ3) is 3.90. The standard InChI is InChI=1S/C27H26N2O5/c1-17-5-6-18(2)23(15-17)24(30)16-29-25(31)27(28-26(29)32,19-7-11-21(33-3)12-8-19)20-9-13-22(34-4)14-10-20/h5-15H,16H2,1-4H3,(H,28,32). The first-order valence-electron chi connectivity index (χ1n) is 10.8. The summed E-state index contributed by atoms with van der Waals surface area (Å²) in [6, 6.07) is 18.8. The fraction of sp³-hybridized carbons (Fsp3) is 0.222. The highest BCUT2D eigenvalue weighted by Gasteiger charge is 2.54. The van der Waals surface area contributed by atoms with Crippen molar-refractivity contribution in [1.29, 1.82) is 0 Å². The molecule has 7 heteroatoms. The van der Waals surface area contributed by atoms with Crippen molar-refractivity contribution >= 4 is 17.7 Å². The Balaban J connectivity index is 1.76. The third-order valence-electron chi connectivity index (χ3n) is 6.15. The summed E-state index contributed by atoms with van der Waals surface area (Å²) >= 11 is 0. The van der Waals surface area contributed by atoms with Crippen LogP contribution in [0.5, 0.6) is 11.5 Å². The highest BCUT2D eigenvalue weighted by molar-refractivity contribution is 6.13. The number of amides is 3. The Bertz CT molecular complexity index is 1200. The van der Waals surface area contributed by atoms with E-state index >= 15 is 0 Å². The quantitative estimate of drug-likeness (QED) is 0.427. The van der Waals surface area contributed by atoms with E-state index in [1.54, 1.807) is 68.8 Å². The number of urea groups is 1. The van der Waals surface area contributed by atoms with Gasteiger partial charge in [0.05, 0.1) is 20.8 Å². The van der Waals surface area contributed by atoms with Gasteiger partial charge in [0.2, 0.25) is 0 Å². The number of nitrogens with one attached hydrogen (secondary N) is 1. The number of imide groups is 1. The maximum atomic E-state index is 13.9. The molecule has 0 atom stereocenters. The number of carbonyl (C=O) groups is 3. The van der Waals surface area contributed by atoms with Crippen molar-refractivity contribution in [2.45, 2.75) is 19.4 Å². The largest absolute Gasteiger partial charge is 0.497 e. The molecule has 0 unspecified atom stereocenters. The zero-order valence-electron chi connectivity index (χ0n) is 19.5. The van der Waals surface area contributed by atoms with Crippen LogP contribution in [0.3, 0.4) is 0 Å². The molecule has 0 radical (unpaired) electrons. The summed E-state index contributed by atoms with van der Waals surface area (Å²) in [6.45, 7) is 3.36. The number of hydrogen-bond donors (Lipinski definition) is 1. The third-order valence-corrected chi connectivity index (χ3v) is 6.15. The van der Waals surface area contributed by atoms with Gasteiger partial charge in [-0.2, -0.15) is 0 Å². The Morgan fingerprint density at radius 3 is 1.88 bits per heavy atom. The minimum atomic E-state index is -1.49. The molecule has 0 bridgehead atoms. The second-order valence-electron chi connectivity index (χ2n) is 8.27. The highest BCUT2D eigenvalue weighted by Crippen LogP contribution is 2.37. The SMILES string of the molecule is COc1ccc(C2(c3ccc(OC)cc3)NC(=O)N(CC(=O)c3cc(C)ccc3C)C2=O)cc1. The molecule has 3 aromatic carbocycles. The van der Waals surface area contributed by atoms with E-state index in [-0.39, 0.29) is 12.3 Å². The Kier molecular flexibility index (Phi) is 6.11. The van der Waals surface area contributed by atoms with Crippen LogP contribution in [0.2, 0.25) is 0 Å². The number of ether oxygens (including phenoxy) is 2. The molecular formula is C27H26N2O5. The number of hydrogen-bond acceptors (Lipinski definition) is 5. The van der Waals surface area contributed by atoms with Gasteiger partial charge in [0.15, 0.2) is 11.3 Å². The summed E-state index contributed by atoms with van der Waals surface area (Å²) in [5.74, 6) is 0.413. The average Bonchev–Trinajstić information content (AvgIpc) is 3.11. The molecule has 0 aliphatic carbocycles. The molecule has 3 amide bonds. The lowest BCUT2D eigenvalue weighted by Crippen LogP contribution is -2.45. The van der Waals surface area contributed by atoms with Crippen LogP contribution in [-0.4, -0.2) is 43.4 Å². The number of Topliss-reactive ketones (excluding diaryl/α,β-unsaturated/α-hetero) is 1. The van der Waals surface area contributed by atoms with Crippen molar-refractivity contribution in [2.24, 2.45) is 0 Å². The molecule has 0 spiro atoms. The fourth-order valence-corrected chi connectivity index (χ4v) is 4.22. The summed E-state index contributed by atoms with van der Waals surface area (Å²) in [5.41, 5.74) is 1.83. The van der Waals surface area contributed by atoms with Gasteiger partial charge in [0.1, 0.15) is 11.5 Å². The Morgan fingerprint density at radius 2 is 1.38 bits per heavy atom. The molecular weight excluding hydrogens is 432 g/mol. The zero-order valence-corrected chi connectivity index (χ0v) is 19.5. The summed E-state index contributed by atoms with van der Waals surface area (Å²) in [7, 11) is 3.11. The van der Waals surface area contributed by atoms with E-state index in [0.717, 1.165) is 16.0 Å². The van der Waals surface area contributed by atoms with Crippen LogP contribution in [0.15, 0.2) is 66.7 Å². The van der Waals surface area contributed by atoms with Crippen molar-refractivity contribution < 1.29 is 23.9 Å². The van der Waals surface area contributed by atoms with Crippen LogP contribution in [0.1, 0.15) is 32.6 Å². The number of aryl methyl sites for hydroxylation is 2. The number of benzene rings is 3. The molecule has 34 heavy (non-hydrogen) atoms. The van der Waals surface area contributed by atoms with Gasteiger partial charge >= 0.3 is 6.03 Å². The summed E-state index contributed by atoms with van der Waals surface area (Å²) in [5, 5.41) is 2.86. The van der Waals surface area contributed by atoms with E-state index in [4.69, 9.17) is 9.47 Å². The normalized spacial score (nSPS) is 14.6. The van der Waals surface area contributed by atoms with Crippen LogP contribution in [0, 0.1) is 13.8 Å². The highest BCUT2D eigenvalue weighted by atomic mass is 16.5. The van der Waals surface area contributed by atoms with E-state index in [2.05, 4.69) is 5.32 Å². The molecule has 0 aromatic heterocycles. The summed E-state index contributed by atoms with van der Waals surface area (Å²) in [4.78, 5) is 41.1. The van der Waals surface area contributed by atoms with Crippen LogP contribution in [0.4, 0.5) is 4.79 Å². The first-order valence-corrected chi connectivity index (χ1v) is 10.8. The van der Waals surface area contributed by atoms with Crippen molar-refractivity contribution in [3.63, 3.8) is 0 Å². The van der Waals surface area contributed by atoms with Gasteiger partial charge < -0.3 is 14.8 Å². The molecule has 174 valence electrons. The predicted octanol–water partition coefficient (Wildman–Crippen LogP) is 4.00. The minimum Gasteiger partial charge on any atom is -0.497 e. The van der Waals surface area contributed by atoms with E-state index in [0.29, 0.717) is 28.2 Å². The molecule has 1 saturated heterocycles. The molecule has 7 nitrogen and oxygen atoms in total. The topological polar surface area (TPSA) is 84.9 Å². The van der Waals surface area contributed by atoms with Gasteiger partial charge in [0, 0.05) is 5.56 Å². The van der Waals surface area contributed by atoms with Crippen LogP contribution < -0.4 is 14.8 Å². The number of methoxy groups -OCH3 is 2. The molecule has 1 N–H and O–H groups in total. The second kappa shape index (κ2) is 9.02. The summed E-state index contributed by atoms with van der Waals surface area (Å²) in [6.07, 6.45) is 0. The molecule has 1 aliphatic heterocycles. The van der Waals surface area contributed by atoms with E-state index in [9.17, 15) is 14.4 Å².